The molecule has 0 saturated heterocycles. The van der Waals surface area contributed by atoms with Gasteiger partial charge in [0.05, 0.1) is 13.0 Å². The fourth-order valence-corrected chi connectivity index (χ4v) is 3.67. The number of anilines is 1. The summed E-state index contributed by atoms with van der Waals surface area (Å²) >= 11 is 0. The average Bonchev–Trinajstić information content (AvgIpc) is 3.65. The maximum absolute atomic E-state index is 13.3. The van der Waals surface area contributed by atoms with Gasteiger partial charge < -0.3 is 9.80 Å². The lowest BCUT2D eigenvalue weighted by molar-refractivity contribution is -0.129. The number of carbonyl (C=O) groups is 2. The highest BCUT2D eigenvalue weighted by Crippen LogP contribution is 2.33. The van der Waals surface area contributed by atoms with E-state index in [2.05, 4.69) is 0 Å². The zero-order valence-electron chi connectivity index (χ0n) is 18.2. The molecular weight excluding hydrogens is 403 g/mol. The lowest BCUT2D eigenvalue weighted by atomic mass is 10.1. The minimum Gasteiger partial charge on any atom is -0.341 e. The zero-order chi connectivity index (χ0) is 22.5. The van der Waals surface area contributed by atoms with Gasteiger partial charge in [-0.2, -0.15) is 0 Å². The van der Waals surface area contributed by atoms with Crippen LogP contribution >= 0.6 is 0 Å². The molecule has 0 radical (unpaired) electrons. The van der Waals surface area contributed by atoms with Crippen molar-refractivity contribution in [3.63, 3.8) is 0 Å². The predicted octanol–water partition coefficient (Wildman–Crippen LogP) is 4.97. The first-order valence-electron chi connectivity index (χ1n) is 10.9. The molecule has 0 N–H and O–H groups in total. The van der Waals surface area contributed by atoms with Gasteiger partial charge in [0.2, 0.25) is 11.8 Å². The second-order valence-corrected chi connectivity index (χ2v) is 8.40. The van der Waals surface area contributed by atoms with E-state index in [1.807, 2.05) is 61.6 Å². The summed E-state index contributed by atoms with van der Waals surface area (Å²) in [4.78, 5) is 29.0. The molecule has 0 bridgehead atoms. The van der Waals surface area contributed by atoms with Crippen LogP contribution in [0.1, 0.15) is 29.5 Å². The van der Waals surface area contributed by atoms with Gasteiger partial charge in [0.25, 0.3) is 0 Å². The number of rotatable bonds is 8. The van der Waals surface area contributed by atoms with Crippen LogP contribution in [-0.2, 0) is 29.1 Å². The summed E-state index contributed by atoms with van der Waals surface area (Å²) in [7, 11) is 1.81. The SMILES string of the molecule is CN(Cc1ccccc1)C(=O)Cc1ccc(N(Cc2ccc(F)cc2)C(=O)C2CC2)cc1. The molecule has 1 aliphatic carbocycles. The second-order valence-electron chi connectivity index (χ2n) is 8.40. The molecule has 1 aliphatic rings. The minimum absolute atomic E-state index is 0.0406. The smallest absolute Gasteiger partial charge is 0.230 e. The van der Waals surface area contributed by atoms with E-state index < -0.39 is 0 Å². The second kappa shape index (κ2) is 9.77. The normalized spacial score (nSPS) is 12.9. The molecule has 2 amide bonds. The van der Waals surface area contributed by atoms with E-state index in [0.29, 0.717) is 19.5 Å². The van der Waals surface area contributed by atoms with Crippen LogP contribution in [0.25, 0.3) is 0 Å². The Hall–Kier alpha value is -3.47. The van der Waals surface area contributed by atoms with Crippen LogP contribution < -0.4 is 4.90 Å². The molecule has 5 heteroatoms. The molecule has 0 spiro atoms. The van der Waals surface area contributed by atoms with Gasteiger partial charge in [-0.25, -0.2) is 4.39 Å². The van der Waals surface area contributed by atoms with Gasteiger partial charge >= 0.3 is 0 Å². The Morgan fingerprint density at radius 3 is 2.03 bits per heavy atom. The molecule has 1 fully saturated rings. The third kappa shape index (κ3) is 5.61. The Balaban J connectivity index is 1.43. The fourth-order valence-electron chi connectivity index (χ4n) is 3.67. The summed E-state index contributed by atoms with van der Waals surface area (Å²) < 4.78 is 13.3. The van der Waals surface area contributed by atoms with Gasteiger partial charge in [-0.3, -0.25) is 9.59 Å². The quantitative estimate of drug-likeness (QED) is 0.506. The van der Waals surface area contributed by atoms with Crippen LogP contribution in [0.5, 0.6) is 0 Å². The maximum atomic E-state index is 13.3. The van der Waals surface area contributed by atoms with Crippen LogP contribution in [-0.4, -0.2) is 23.8 Å². The van der Waals surface area contributed by atoms with Crippen LogP contribution in [0.2, 0.25) is 0 Å². The first-order valence-corrected chi connectivity index (χ1v) is 10.9. The molecule has 1 saturated carbocycles. The Morgan fingerprint density at radius 1 is 0.812 bits per heavy atom. The van der Waals surface area contributed by atoms with Crippen LogP contribution in [0.15, 0.2) is 78.9 Å². The van der Waals surface area contributed by atoms with Gasteiger partial charge in [-0.05, 0) is 53.8 Å². The van der Waals surface area contributed by atoms with E-state index >= 15 is 0 Å². The van der Waals surface area contributed by atoms with Gasteiger partial charge in [0.1, 0.15) is 5.82 Å². The summed E-state index contributed by atoms with van der Waals surface area (Å²) in [5.41, 5.74) is 3.66. The Bertz CT molecular complexity index is 1060. The topological polar surface area (TPSA) is 40.6 Å². The monoisotopic (exact) mass is 430 g/mol. The average molecular weight is 431 g/mol. The van der Waals surface area contributed by atoms with Crippen molar-refractivity contribution in [2.24, 2.45) is 5.92 Å². The van der Waals surface area contributed by atoms with E-state index in [0.717, 1.165) is 35.2 Å². The molecule has 0 atom stereocenters. The van der Waals surface area contributed by atoms with Crippen molar-refractivity contribution in [3.05, 3.63) is 101 Å². The molecule has 0 aliphatic heterocycles. The van der Waals surface area contributed by atoms with E-state index in [1.54, 1.807) is 21.9 Å². The highest BCUT2D eigenvalue weighted by molar-refractivity contribution is 5.96. The minimum atomic E-state index is -0.292. The maximum Gasteiger partial charge on any atom is 0.230 e. The van der Waals surface area contributed by atoms with E-state index in [-0.39, 0.29) is 23.5 Å². The van der Waals surface area contributed by atoms with Crippen LogP contribution in [0.4, 0.5) is 10.1 Å². The van der Waals surface area contributed by atoms with Crippen molar-refractivity contribution in [2.45, 2.75) is 32.4 Å². The third-order valence-corrected chi connectivity index (χ3v) is 5.74. The molecule has 4 rings (SSSR count). The van der Waals surface area contributed by atoms with Crippen molar-refractivity contribution in [3.8, 4) is 0 Å². The lowest BCUT2D eigenvalue weighted by Gasteiger charge is -2.23. The number of hydrogen-bond acceptors (Lipinski definition) is 2. The fraction of sp³-hybridized carbons (Fsp3) is 0.259. The van der Waals surface area contributed by atoms with Crippen LogP contribution in [0.3, 0.4) is 0 Å². The predicted molar refractivity (Wildman–Crippen MR) is 123 cm³/mol. The van der Waals surface area contributed by atoms with Gasteiger partial charge in [0, 0.05) is 25.2 Å². The number of benzene rings is 3. The van der Waals surface area contributed by atoms with Crippen molar-refractivity contribution in [1.82, 2.24) is 4.90 Å². The first-order chi connectivity index (χ1) is 15.5. The first kappa shape index (κ1) is 21.8. The Morgan fingerprint density at radius 2 is 1.41 bits per heavy atom. The number of carbonyl (C=O) groups excluding carboxylic acids is 2. The molecule has 3 aromatic carbocycles. The number of amides is 2. The molecule has 164 valence electrons. The summed E-state index contributed by atoms with van der Waals surface area (Å²) in [5, 5.41) is 0. The zero-order valence-corrected chi connectivity index (χ0v) is 18.2. The van der Waals surface area contributed by atoms with Gasteiger partial charge in [-0.15, -0.1) is 0 Å². The number of nitrogens with zero attached hydrogens (tertiary/aromatic N) is 2. The summed E-state index contributed by atoms with van der Waals surface area (Å²) in [6.07, 6.45) is 2.14. The molecule has 3 aromatic rings. The molecule has 0 unspecified atom stereocenters. The lowest BCUT2D eigenvalue weighted by Crippen LogP contribution is -2.31. The molecule has 32 heavy (non-hydrogen) atoms. The van der Waals surface area contributed by atoms with E-state index in [9.17, 15) is 14.0 Å². The van der Waals surface area contributed by atoms with E-state index in [1.165, 1.54) is 12.1 Å². The standard InChI is InChI=1S/C27H27FN2O2/c1-29(18-21-5-3-2-4-6-21)26(31)17-20-9-15-25(16-10-20)30(27(32)23-11-12-23)19-22-7-13-24(28)14-8-22/h2-10,13-16,23H,11-12,17-19H2,1H3. The van der Waals surface area contributed by atoms with Gasteiger partial charge in [-0.1, -0.05) is 54.6 Å². The number of likely N-dealkylation sites (N-methyl/N-ethyl adjacent to an activating group) is 1. The number of halogens is 1. The molecular formula is C27H27FN2O2. The molecule has 4 nitrogen and oxygen atoms in total. The van der Waals surface area contributed by atoms with Crippen LogP contribution in [0, 0.1) is 11.7 Å². The molecule has 0 heterocycles. The third-order valence-electron chi connectivity index (χ3n) is 5.74. The highest BCUT2D eigenvalue weighted by Gasteiger charge is 2.34. The Kier molecular flexibility index (Phi) is 6.64. The number of hydrogen-bond donors (Lipinski definition) is 0. The van der Waals surface area contributed by atoms with Crippen molar-refractivity contribution in [1.29, 1.82) is 0 Å². The van der Waals surface area contributed by atoms with Crippen molar-refractivity contribution < 1.29 is 14.0 Å². The largest absolute Gasteiger partial charge is 0.341 e. The summed E-state index contributed by atoms with van der Waals surface area (Å²) in [5.74, 6) is -0.0806. The van der Waals surface area contributed by atoms with Crippen molar-refractivity contribution >= 4 is 17.5 Å². The summed E-state index contributed by atoms with van der Waals surface area (Å²) in [6, 6.07) is 23.7. The van der Waals surface area contributed by atoms with E-state index in [4.69, 9.17) is 0 Å². The molecule has 0 aromatic heterocycles. The van der Waals surface area contributed by atoms with Crippen molar-refractivity contribution in [2.75, 3.05) is 11.9 Å². The summed E-state index contributed by atoms with van der Waals surface area (Å²) in [6.45, 7) is 0.965. The van der Waals surface area contributed by atoms with Gasteiger partial charge in [0.15, 0.2) is 0 Å². The Labute approximate surface area is 188 Å². The highest BCUT2D eigenvalue weighted by atomic mass is 19.1.